The molecule has 0 amide bonds. The van der Waals surface area contributed by atoms with Crippen molar-refractivity contribution < 1.29 is 4.74 Å². The molecular weight excluding hydrogens is 210 g/mol. The summed E-state index contributed by atoms with van der Waals surface area (Å²) < 4.78 is 5.96. The van der Waals surface area contributed by atoms with Gasteiger partial charge >= 0.3 is 0 Å². The Morgan fingerprint density at radius 3 is 3.06 bits per heavy atom. The van der Waals surface area contributed by atoms with Crippen molar-refractivity contribution in [3.63, 3.8) is 0 Å². The summed E-state index contributed by atoms with van der Waals surface area (Å²) in [4.78, 5) is 0. The third kappa shape index (κ3) is 2.81. The van der Waals surface area contributed by atoms with Crippen LogP contribution in [0.5, 0.6) is 5.75 Å². The van der Waals surface area contributed by atoms with Crippen LogP contribution in [0.15, 0.2) is 24.3 Å². The molecule has 1 aliphatic heterocycles. The van der Waals surface area contributed by atoms with Gasteiger partial charge in [0.2, 0.25) is 0 Å². The molecule has 0 saturated heterocycles. The minimum Gasteiger partial charge on any atom is -0.488 e. The van der Waals surface area contributed by atoms with Crippen LogP contribution in [0.1, 0.15) is 25.3 Å². The molecule has 1 N–H and O–H groups in total. The highest BCUT2D eigenvalue weighted by atomic mass is 16.5. The van der Waals surface area contributed by atoms with Gasteiger partial charge in [-0.25, -0.2) is 0 Å². The molecule has 17 heavy (non-hydrogen) atoms. The molecule has 0 saturated carbocycles. The lowest BCUT2D eigenvalue weighted by molar-refractivity contribution is 0.179. The molecule has 0 radical (unpaired) electrons. The third-order valence-corrected chi connectivity index (χ3v) is 3.12. The average molecular weight is 229 g/mol. The van der Waals surface area contributed by atoms with E-state index in [-0.39, 0.29) is 12.1 Å². The van der Waals surface area contributed by atoms with Gasteiger partial charge in [-0.15, -0.1) is 12.3 Å². The first-order valence-corrected chi connectivity index (χ1v) is 6.26. The molecular formula is C15H19NO. The Morgan fingerprint density at radius 2 is 2.35 bits per heavy atom. The molecule has 1 aromatic rings. The molecule has 0 bridgehead atoms. The van der Waals surface area contributed by atoms with Crippen molar-refractivity contribution in [1.82, 2.24) is 5.32 Å². The summed E-state index contributed by atoms with van der Waals surface area (Å²) in [6.45, 7) is 3.15. The maximum absolute atomic E-state index is 5.96. The fraction of sp³-hybridized carbons (Fsp3) is 0.467. The van der Waals surface area contributed by atoms with Crippen molar-refractivity contribution in [3.8, 4) is 18.1 Å². The molecule has 0 aromatic heterocycles. The number of ether oxygens (including phenoxy) is 1. The van der Waals surface area contributed by atoms with Crippen LogP contribution >= 0.6 is 0 Å². The number of rotatable bonds is 5. The number of hydrogen-bond acceptors (Lipinski definition) is 2. The third-order valence-electron chi connectivity index (χ3n) is 3.12. The Hall–Kier alpha value is -1.46. The van der Waals surface area contributed by atoms with Gasteiger partial charge < -0.3 is 10.1 Å². The van der Waals surface area contributed by atoms with Gasteiger partial charge in [-0.3, -0.25) is 0 Å². The highest BCUT2D eigenvalue weighted by molar-refractivity contribution is 5.37. The Bertz CT molecular complexity index is 383. The van der Waals surface area contributed by atoms with Crippen LogP contribution in [-0.2, 0) is 6.42 Å². The van der Waals surface area contributed by atoms with Crippen LogP contribution in [0.2, 0.25) is 0 Å². The fourth-order valence-electron chi connectivity index (χ4n) is 2.23. The quantitative estimate of drug-likeness (QED) is 0.783. The van der Waals surface area contributed by atoms with Crippen LogP contribution in [0, 0.1) is 12.3 Å². The predicted molar refractivity (Wildman–Crippen MR) is 70.1 cm³/mol. The van der Waals surface area contributed by atoms with E-state index in [2.05, 4.69) is 30.3 Å². The molecule has 1 aliphatic rings. The lowest BCUT2D eigenvalue weighted by atomic mass is 10.0. The minimum atomic E-state index is 0.176. The second-order valence-electron chi connectivity index (χ2n) is 4.44. The van der Waals surface area contributed by atoms with Crippen molar-refractivity contribution in [3.05, 3.63) is 29.8 Å². The Kier molecular flexibility index (Phi) is 4.06. The summed E-state index contributed by atoms with van der Waals surface area (Å²) in [6.07, 6.45) is 8.39. The number of hydrogen-bond donors (Lipinski definition) is 1. The van der Waals surface area contributed by atoms with Gasteiger partial charge in [-0.2, -0.15) is 0 Å². The molecule has 0 fully saturated rings. The van der Waals surface area contributed by atoms with Crippen LogP contribution < -0.4 is 10.1 Å². The molecule has 2 heteroatoms. The molecule has 1 aromatic carbocycles. The van der Waals surface area contributed by atoms with Crippen molar-refractivity contribution >= 4 is 0 Å². The zero-order valence-corrected chi connectivity index (χ0v) is 10.3. The van der Waals surface area contributed by atoms with E-state index in [0.717, 1.165) is 31.6 Å². The summed E-state index contributed by atoms with van der Waals surface area (Å²) in [5.41, 5.74) is 1.29. The normalized spacial score (nSPS) is 19.2. The topological polar surface area (TPSA) is 21.3 Å². The largest absolute Gasteiger partial charge is 0.488 e. The van der Waals surface area contributed by atoms with Gasteiger partial charge in [0, 0.05) is 12.8 Å². The number of para-hydroxylation sites is 1. The van der Waals surface area contributed by atoms with E-state index in [0.29, 0.717) is 0 Å². The summed E-state index contributed by atoms with van der Waals surface area (Å²) >= 11 is 0. The van der Waals surface area contributed by atoms with E-state index in [9.17, 15) is 0 Å². The van der Waals surface area contributed by atoms with Gasteiger partial charge in [-0.1, -0.05) is 25.1 Å². The standard InChI is InChI=1S/C15H19NO/c1-3-7-13(16-10-4-2)15-11-12-8-5-6-9-14(12)17-15/h1,5-6,8-9,13,15-16H,4,7,10-11H2,2H3. The number of benzene rings is 1. The molecule has 2 atom stereocenters. The van der Waals surface area contributed by atoms with E-state index in [1.54, 1.807) is 0 Å². The number of nitrogens with one attached hydrogen (secondary N) is 1. The first kappa shape index (κ1) is 12.0. The van der Waals surface area contributed by atoms with E-state index >= 15 is 0 Å². The van der Waals surface area contributed by atoms with Gasteiger partial charge in [0.15, 0.2) is 0 Å². The lowest BCUT2D eigenvalue weighted by Crippen LogP contribution is -2.42. The zero-order chi connectivity index (χ0) is 12.1. The highest BCUT2D eigenvalue weighted by Gasteiger charge is 2.29. The second-order valence-corrected chi connectivity index (χ2v) is 4.44. The Morgan fingerprint density at radius 1 is 1.53 bits per heavy atom. The van der Waals surface area contributed by atoms with Crippen molar-refractivity contribution in [2.75, 3.05) is 6.54 Å². The first-order valence-electron chi connectivity index (χ1n) is 6.26. The molecule has 1 heterocycles. The molecule has 90 valence electrons. The smallest absolute Gasteiger partial charge is 0.123 e. The molecule has 0 aliphatic carbocycles. The fourth-order valence-corrected chi connectivity index (χ4v) is 2.23. The maximum atomic E-state index is 5.96. The van der Waals surface area contributed by atoms with E-state index < -0.39 is 0 Å². The van der Waals surface area contributed by atoms with Crippen molar-refractivity contribution in [1.29, 1.82) is 0 Å². The van der Waals surface area contributed by atoms with Crippen LogP contribution in [0.3, 0.4) is 0 Å². The molecule has 2 rings (SSSR count). The van der Waals surface area contributed by atoms with Gasteiger partial charge in [0.25, 0.3) is 0 Å². The van der Waals surface area contributed by atoms with Crippen LogP contribution in [0.4, 0.5) is 0 Å². The number of terminal acetylenes is 1. The molecule has 0 spiro atoms. The summed E-state index contributed by atoms with van der Waals surface area (Å²) in [7, 11) is 0. The van der Waals surface area contributed by atoms with E-state index in [1.807, 2.05) is 12.1 Å². The summed E-state index contributed by atoms with van der Waals surface area (Å²) in [5, 5.41) is 3.48. The predicted octanol–water partition coefficient (Wildman–Crippen LogP) is 2.38. The minimum absolute atomic E-state index is 0.176. The van der Waals surface area contributed by atoms with Crippen molar-refractivity contribution in [2.45, 2.75) is 38.3 Å². The SMILES string of the molecule is C#CCC(NCCC)C1Cc2ccccc2O1. The molecule has 2 unspecified atom stereocenters. The Balaban J connectivity index is 2.01. The summed E-state index contributed by atoms with van der Waals surface area (Å²) in [6, 6.07) is 8.48. The highest BCUT2D eigenvalue weighted by Crippen LogP contribution is 2.30. The van der Waals surface area contributed by atoms with Gasteiger partial charge in [0.05, 0.1) is 6.04 Å². The van der Waals surface area contributed by atoms with Crippen LogP contribution in [0.25, 0.3) is 0 Å². The average Bonchev–Trinajstić information content (AvgIpc) is 2.78. The van der Waals surface area contributed by atoms with Gasteiger partial charge in [0.1, 0.15) is 11.9 Å². The van der Waals surface area contributed by atoms with E-state index in [4.69, 9.17) is 11.2 Å². The first-order chi connectivity index (χ1) is 8.35. The van der Waals surface area contributed by atoms with E-state index in [1.165, 1.54) is 5.56 Å². The van der Waals surface area contributed by atoms with Gasteiger partial charge in [-0.05, 0) is 24.6 Å². The second kappa shape index (κ2) is 5.75. The Labute approximate surface area is 103 Å². The molecule has 2 nitrogen and oxygen atoms in total. The maximum Gasteiger partial charge on any atom is 0.123 e. The number of fused-ring (bicyclic) bond motifs is 1. The van der Waals surface area contributed by atoms with Crippen molar-refractivity contribution in [2.24, 2.45) is 0 Å². The lowest BCUT2D eigenvalue weighted by Gasteiger charge is -2.22. The summed E-state index contributed by atoms with van der Waals surface area (Å²) in [5.74, 6) is 3.75. The monoisotopic (exact) mass is 229 g/mol. The zero-order valence-electron chi connectivity index (χ0n) is 10.3. The van der Waals surface area contributed by atoms with Crippen LogP contribution in [-0.4, -0.2) is 18.7 Å².